The van der Waals surface area contributed by atoms with Gasteiger partial charge in [0, 0.05) is 36.0 Å². The maximum absolute atomic E-state index is 11.9. The van der Waals surface area contributed by atoms with Crippen LogP contribution >= 0.6 is 0 Å². The molecule has 1 unspecified atom stereocenters. The second-order valence-electron chi connectivity index (χ2n) is 6.09. The highest BCUT2D eigenvalue weighted by molar-refractivity contribution is 5.79. The molecule has 0 spiro atoms. The van der Waals surface area contributed by atoms with E-state index in [-0.39, 0.29) is 24.1 Å². The number of aliphatic hydroxyl groups excluding tert-OH is 1. The first-order valence-electron chi connectivity index (χ1n) is 8.78. The number of pyridine rings is 1. The Morgan fingerprint density at radius 3 is 2.88 bits per heavy atom. The first-order chi connectivity index (χ1) is 12.1. The summed E-state index contributed by atoms with van der Waals surface area (Å²) < 4.78 is 5.68. The molecule has 2 aromatic rings. The number of H-pyrrole nitrogens is 1. The number of benzene rings is 1. The summed E-state index contributed by atoms with van der Waals surface area (Å²) in [6, 6.07) is 8.76. The number of rotatable bonds is 10. The van der Waals surface area contributed by atoms with Crippen LogP contribution in [0.4, 0.5) is 0 Å². The van der Waals surface area contributed by atoms with Gasteiger partial charge < -0.3 is 20.1 Å². The lowest BCUT2D eigenvalue weighted by molar-refractivity contribution is -0.122. The van der Waals surface area contributed by atoms with Crippen molar-refractivity contribution in [2.45, 2.75) is 45.1 Å². The van der Waals surface area contributed by atoms with Gasteiger partial charge in [-0.3, -0.25) is 9.59 Å². The quantitative estimate of drug-likeness (QED) is 0.576. The molecule has 136 valence electrons. The number of carbonyl (C=O) groups is 1. The monoisotopic (exact) mass is 346 g/mol. The van der Waals surface area contributed by atoms with Crippen molar-refractivity contribution in [2.75, 3.05) is 13.2 Å². The summed E-state index contributed by atoms with van der Waals surface area (Å²) in [4.78, 5) is 26.0. The smallest absolute Gasteiger partial charge is 0.248 e. The summed E-state index contributed by atoms with van der Waals surface area (Å²) in [5.41, 5.74) is 0.639. The van der Waals surface area contributed by atoms with Gasteiger partial charge in [0.1, 0.15) is 5.75 Å². The van der Waals surface area contributed by atoms with Crippen LogP contribution in [0.1, 0.15) is 39.0 Å². The van der Waals surface area contributed by atoms with Gasteiger partial charge in [0.15, 0.2) is 0 Å². The van der Waals surface area contributed by atoms with E-state index < -0.39 is 0 Å². The van der Waals surface area contributed by atoms with E-state index in [0.29, 0.717) is 31.6 Å². The molecule has 6 nitrogen and oxygen atoms in total. The van der Waals surface area contributed by atoms with E-state index in [2.05, 4.69) is 17.2 Å². The van der Waals surface area contributed by atoms with Crippen molar-refractivity contribution in [1.82, 2.24) is 10.3 Å². The number of aliphatic hydroxyl groups is 1. The summed E-state index contributed by atoms with van der Waals surface area (Å²) >= 11 is 0. The fraction of sp³-hybridized carbons (Fsp3) is 0.474. The maximum Gasteiger partial charge on any atom is 0.248 e. The van der Waals surface area contributed by atoms with Crippen molar-refractivity contribution in [2.24, 2.45) is 0 Å². The normalized spacial score (nSPS) is 12.1. The van der Waals surface area contributed by atoms with Crippen LogP contribution in [0.25, 0.3) is 10.9 Å². The number of fused-ring (bicyclic) bond motifs is 1. The van der Waals surface area contributed by atoms with Gasteiger partial charge in [0.05, 0.1) is 6.61 Å². The summed E-state index contributed by atoms with van der Waals surface area (Å²) in [5.74, 6) is 0.704. The van der Waals surface area contributed by atoms with Gasteiger partial charge in [-0.15, -0.1) is 0 Å². The Morgan fingerprint density at radius 2 is 2.12 bits per heavy atom. The molecule has 0 saturated carbocycles. The largest absolute Gasteiger partial charge is 0.494 e. The number of hydrogen-bond donors (Lipinski definition) is 3. The van der Waals surface area contributed by atoms with Gasteiger partial charge in [-0.05, 0) is 43.5 Å². The summed E-state index contributed by atoms with van der Waals surface area (Å²) in [6.45, 7) is 2.59. The van der Waals surface area contributed by atoms with E-state index in [0.717, 1.165) is 23.7 Å². The topological polar surface area (TPSA) is 91.4 Å². The SMILES string of the molecule is CCCC(CCO)NC(=O)CCCOc1ccc2[nH]c(=O)ccc2c1. The van der Waals surface area contributed by atoms with Crippen molar-refractivity contribution >= 4 is 16.8 Å². The van der Waals surface area contributed by atoms with E-state index in [9.17, 15) is 9.59 Å². The zero-order chi connectivity index (χ0) is 18.1. The van der Waals surface area contributed by atoms with Crippen LogP contribution in [0.15, 0.2) is 35.1 Å². The van der Waals surface area contributed by atoms with E-state index in [1.165, 1.54) is 6.07 Å². The van der Waals surface area contributed by atoms with Gasteiger partial charge in [0.2, 0.25) is 11.5 Å². The van der Waals surface area contributed by atoms with Gasteiger partial charge in [0.25, 0.3) is 0 Å². The Morgan fingerprint density at radius 1 is 1.28 bits per heavy atom. The molecular weight excluding hydrogens is 320 g/mol. The van der Waals surface area contributed by atoms with Crippen LogP contribution < -0.4 is 15.6 Å². The zero-order valence-electron chi connectivity index (χ0n) is 14.6. The molecule has 25 heavy (non-hydrogen) atoms. The zero-order valence-corrected chi connectivity index (χ0v) is 14.6. The predicted octanol–water partition coefficient (Wildman–Crippen LogP) is 2.35. The number of nitrogens with one attached hydrogen (secondary N) is 2. The fourth-order valence-electron chi connectivity index (χ4n) is 2.74. The van der Waals surface area contributed by atoms with Crippen LogP contribution in [-0.2, 0) is 4.79 Å². The second kappa shape index (κ2) is 9.84. The maximum atomic E-state index is 11.9. The molecule has 0 aliphatic carbocycles. The molecule has 1 amide bonds. The molecule has 0 aliphatic heterocycles. The average Bonchev–Trinajstić information content (AvgIpc) is 2.59. The van der Waals surface area contributed by atoms with Crippen LogP contribution in [0, 0.1) is 0 Å². The predicted molar refractivity (Wildman–Crippen MR) is 97.8 cm³/mol. The Labute approximate surface area is 147 Å². The van der Waals surface area contributed by atoms with Gasteiger partial charge in [-0.1, -0.05) is 13.3 Å². The molecule has 1 aromatic heterocycles. The lowest BCUT2D eigenvalue weighted by Crippen LogP contribution is -2.35. The Hall–Kier alpha value is -2.34. The van der Waals surface area contributed by atoms with Crippen LogP contribution in [0.3, 0.4) is 0 Å². The minimum absolute atomic E-state index is 0.00779. The first kappa shape index (κ1) is 19.0. The molecule has 0 fully saturated rings. The highest BCUT2D eigenvalue weighted by Crippen LogP contribution is 2.18. The van der Waals surface area contributed by atoms with Crippen LogP contribution in [0.2, 0.25) is 0 Å². The van der Waals surface area contributed by atoms with Crippen molar-refractivity contribution in [1.29, 1.82) is 0 Å². The minimum Gasteiger partial charge on any atom is -0.494 e. The Balaban J connectivity index is 1.76. The second-order valence-corrected chi connectivity index (χ2v) is 6.09. The molecule has 1 aromatic carbocycles. The molecule has 3 N–H and O–H groups in total. The lowest BCUT2D eigenvalue weighted by Gasteiger charge is -2.17. The number of hydrogen-bond acceptors (Lipinski definition) is 4. The first-order valence-corrected chi connectivity index (χ1v) is 8.78. The van der Waals surface area contributed by atoms with E-state index in [1.807, 2.05) is 12.1 Å². The number of aromatic nitrogens is 1. The van der Waals surface area contributed by atoms with Crippen molar-refractivity contribution in [3.63, 3.8) is 0 Å². The van der Waals surface area contributed by atoms with E-state index in [1.54, 1.807) is 12.1 Å². The van der Waals surface area contributed by atoms with Gasteiger partial charge in [-0.2, -0.15) is 0 Å². The molecule has 1 heterocycles. The van der Waals surface area contributed by atoms with E-state index in [4.69, 9.17) is 9.84 Å². The molecule has 2 rings (SSSR count). The third kappa shape index (κ3) is 6.23. The summed E-state index contributed by atoms with van der Waals surface area (Å²) in [5, 5.41) is 12.9. The van der Waals surface area contributed by atoms with E-state index >= 15 is 0 Å². The Bertz CT molecular complexity index is 736. The van der Waals surface area contributed by atoms with Crippen molar-refractivity contribution < 1.29 is 14.6 Å². The van der Waals surface area contributed by atoms with Crippen LogP contribution in [0.5, 0.6) is 5.75 Å². The summed E-state index contributed by atoms with van der Waals surface area (Å²) in [7, 11) is 0. The van der Waals surface area contributed by atoms with Gasteiger partial charge >= 0.3 is 0 Å². The average molecular weight is 346 g/mol. The molecule has 6 heteroatoms. The molecular formula is C19H26N2O4. The minimum atomic E-state index is -0.130. The number of amides is 1. The fourth-order valence-corrected chi connectivity index (χ4v) is 2.74. The highest BCUT2D eigenvalue weighted by Gasteiger charge is 2.10. The third-order valence-electron chi connectivity index (χ3n) is 3.99. The molecule has 0 aliphatic rings. The van der Waals surface area contributed by atoms with Crippen LogP contribution in [-0.4, -0.2) is 35.3 Å². The molecule has 0 bridgehead atoms. The van der Waals surface area contributed by atoms with Gasteiger partial charge in [-0.25, -0.2) is 0 Å². The number of aromatic amines is 1. The number of ether oxygens (including phenoxy) is 1. The molecule has 0 radical (unpaired) electrons. The Kier molecular flexibility index (Phi) is 7.47. The molecule has 1 atom stereocenters. The lowest BCUT2D eigenvalue weighted by atomic mass is 10.1. The number of carbonyl (C=O) groups excluding carboxylic acids is 1. The van der Waals surface area contributed by atoms with Crippen molar-refractivity contribution in [3.05, 3.63) is 40.7 Å². The van der Waals surface area contributed by atoms with Crippen molar-refractivity contribution in [3.8, 4) is 5.75 Å². The highest BCUT2D eigenvalue weighted by atomic mass is 16.5. The third-order valence-corrected chi connectivity index (χ3v) is 3.99. The standard InChI is InChI=1S/C19H26N2O4/c1-2-4-15(10-11-22)20-18(23)5-3-12-25-16-7-8-17-14(13-16)6-9-19(24)21-17/h6-9,13,15,22H,2-5,10-12H2,1H3,(H,20,23)(H,21,24). The summed E-state index contributed by atoms with van der Waals surface area (Å²) in [6.07, 6.45) is 3.46. The molecule has 0 saturated heterocycles.